The van der Waals surface area contributed by atoms with Crippen molar-refractivity contribution in [3.63, 3.8) is 0 Å². The molecule has 1 fully saturated rings. The Labute approximate surface area is 144 Å². The van der Waals surface area contributed by atoms with Crippen molar-refractivity contribution in [1.29, 1.82) is 0 Å². The Balaban J connectivity index is 1.74. The van der Waals surface area contributed by atoms with E-state index in [1.807, 2.05) is 12.1 Å². The van der Waals surface area contributed by atoms with E-state index in [4.69, 9.17) is 4.74 Å². The molecule has 0 aromatic heterocycles. The molecule has 0 bridgehead atoms. The Morgan fingerprint density at radius 3 is 2.42 bits per heavy atom. The Hall–Kier alpha value is -1.84. The van der Waals surface area contributed by atoms with Gasteiger partial charge in [0.15, 0.2) is 0 Å². The topological polar surface area (TPSA) is 41.5 Å². The molecule has 1 saturated heterocycles. The average Bonchev–Trinajstić information content (AvgIpc) is 2.57. The fourth-order valence-electron chi connectivity index (χ4n) is 3.83. The third-order valence-corrected chi connectivity index (χ3v) is 4.95. The molecule has 2 N–H and O–H groups in total. The van der Waals surface area contributed by atoms with E-state index >= 15 is 0 Å². The maximum absolute atomic E-state index is 9.40. The molecular weight excluding hydrogens is 298 g/mol. The lowest BCUT2D eigenvalue weighted by Gasteiger charge is -2.45. The van der Waals surface area contributed by atoms with Crippen LogP contribution in [-0.2, 0) is 16.7 Å². The van der Waals surface area contributed by atoms with Crippen LogP contribution in [0, 0.1) is 0 Å². The first-order valence-corrected chi connectivity index (χ1v) is 8.67. The van der Waals surface area contributed by atoms with Crippen LogP contribution in [-0.4, -0.2) is 23.9 Å². The van der Waals surface area contributed by atoms with Gasteiger partial charge in [-0.05, 0) is 49.9 Å². The molecule has 1 heterocycles. The summed E-state index contributed by atoms with van der Waals surface area (Å²) in [4.78, 5) is 0. The zero-order valence-corrected chi connectivity index (χ0v) is 14.6. The van der Waals surface area contributed by atoms with Gasteiger partial charge in [0.1, 0.15) is 5.75 Å². The molecule has 0 unspecified atom stereocenters. The summed E-state index contributed by atoms with van der Waals surface area (Å²) >= 11 is 0. The summed E-state index contributed by atoms with van der Waals surface area (Å²) in [6.45, 7) is 6.89. The molecule has 0 aliphatic carbocycles. The second-order valence-corrected chi connectivity index (χ2v) is 7.45. The predicted molar refractivity (Wildman–Crippen MR) is 97.2 cm³/mol. The number of aromatic hydroxyl groups is 1. The Morgan fingerprint density at radius 1 is 1.04 bits per heavy atom. The van der Waals surface area contributed by atoms with Gasteiger partial charge in [0.25, 0.3) is 0 Å². The van der Waals surface area contributed by atoms with Crippen molar-refractivity contribution in [2.75, 3.05) is 13.2 Å². The highest BCUT2D eigenvalue weighted by Gasteiger charge is 2.41. The van der Waals surface area contributed by atoms with E-state index in [-0.39, 0.29) is 11.0 Å². The highest BCUT2D eigenvalue weighted by atomic mass is 16.5. The second kappa shape index (κ2) is 6.96. The van der Waals surface area contributed by atoms with Crippen molar-refractivity contribution in [2.45, 2.75) is 44.2 Å². The molecule has 24 heavy (non-hydrogen) atoms. The van der Waals surface area contributed by atoms with Crippen LogP contribution < -0.4 is 5.32 Å². The number of benzene rings is 2. The third-order valence-electron chi connectivity index (χ3n) is 4.95. The van der Waals surface area contributed by atoms with Gasteiger partial charge in [0.05, 0.1) is 5.60 Å². The molecule has 0 saturated carbocycles. The smallest absolute Gasteiger partial charge is 0.115 e. The number of hydrogen-bond acceptors (Lipinski definition) is 3. The first-order chi connectivity index (χ1) is 11.5. The Morgan fingerprint density at radius 2 is 1.75 bits per heavy atom. The van der Waals surface area contributed by atoms with Crippen LogP contribution in [0.1, 0.15) is 37.8 Å². The van der Waals surface area contributed by atoms with Crippen LogP contribution in [0.2, 0.25) is 0 Å². The molecule has 1 aliphatic rings. The average molecular weight is 325 g/mol. The number of ether oxygens (including phenoxy) is 1. The van der Waals surface area contributed by atoms with Gasteiger partial charge in [-0.1, -0.05) is 42.5 Å². The SMILES string of the molecule is CC1(C)C[C@@](CNCc2ccc(O)cc2)(c2ccccc2)CCO1. The minimum Gasteiger partial charge on any atom is -0.508 e. The second-order valence-electron chi connectivity index (χ2n) is 7.45. The van der Waals surface area contributed by atoms with Crippen LogP contribution in [0.25, 0.3) is 0 Å². The van der Waals surface area contributed by atoms with Gasteiger partial charge in [-0.2, -0.15) is 0 Å². The van der Waals surface area contributed by atoms with Gasteiger partial charge in [0.2, 0.25) is 0 Å². The lowest BCUT2D eigenvalue weighted by atomic mass is 9.69. The zero-order chi connectivity index (χ0) is 17.0. The number of hydrogen-bond donors (Lipinski definition) is 2. The molecule has 3 nitrogen and oxygen atoms in total. The van der Waals surface area contributed by atoms with Crippen molar-refractivity contribution < 1.29 is 9.84 Å². The summed E-state index contributed by atoms with van der Waals surface area (Å²) in [6, 6.07) is 18.2. The fourth-order valence-corrected chi connectivity index (χ4v) is 3.83. The van der Waals surface area contributed by atoms with Gasteiger partial charge in [-0.3, -0.25) is 0 Å². The predicted octanol–water partition coefficient (Wildman–Crippen LogP) is 4.01. The van der Waals surface area contributed by atoms with Gasteiger partial charge in [0, 0.05) is 25.1 Å². The van der Waals surface area contributed by atoms with Crippen LogP contribution in [0.5, 0.6) is 5.75 Å². The fraction of sp³-hybridized carbons (Fsp3) is 0.429. The summed E-state index contributed by atoms with van der Waals surface area (Å²) < 4.78 is 5.96. The van der Waals surface area contributed by atoms with Crippen LogP contribution in [0.4, 0.5) is 0 Å². The Kier molecular flexibility index (Phi) is 4.93. The van der Waals surface area contributed by atoms with Crippen molar-refractivity contribution >= 4 is 0 Å². The quantitative estimate of drug-likeness (QED) is 0.873. The highest BCUT2D eigenvalue weighted by molar-refractivity contribution is 5.28. The van der Waals surface area contributed by atoms with E-state index in [0.29, 0.717) is 5.75 Å². The van der Waals surface area contributed by atoms with Crippen molar-refractivity contribution in [2.24, 2.45) is 0 Å². The highest BCUT2D eigenvalue weighted by Crippen LogP contribution is 2.41. The van der Waals surface area contributed by atoms with E-state index in [9.17, 15) is 5.11 Å². The van der Waals surface area contributed by atoms with Crippen LogP contribution in [0.15, 0.2) is 54.6 Å². The zero-order valence-electron chi connectivity index (χ0n) is 14.6. The lowest BCUT2D eigenvalue weighted by molar-refractivity contribution is -0.0821. The summed E-state index contributed by atoms with van der Waals surface area (Å²) in [7, 11) is 0. The van der Waals surface area contributed by atoms with Gasteiger partial charge in [-0.25, -0.2) is 0 Å². The third kappa shape index (κ3) is 3.97. The maximum Gasteiger partial charge on any atom is 0.115 e. The van der Waals surface area contributed by atoms with Gasteiger partial charge >= 0.3 is 0 Å². The Bertz CT molecular complexity index is 651. The number of rotatable bonds is 5. The molecule has 2 aromatic rings. The molecule has 1 aliphatic heterocycles. The van der Waals surface area contributed by atoms with Crippen molar-refractivity contribution in [3.8, 4) is 5.75 Å². The molecule has 2 aromatic carbocycles. The normalized spacial score (nSPS) is 23.1. The number of phenols is 1. The lowest BCUT2D eigenvalue weighted by Crippen LogP contribution is -2.49. The number of nitrogens with one attached hydrogen (secondary N) is 1. The van der Waals surface area contributed by atoms with E-state index in [1.54, 1.807) is 12.1 Å². The molecule has 3 rings (SSSR count). The monoisotopic (exact) mass is 325 g/mol. The summed E-state index contributed by atoms with van der Waals surface area (Å²) in [5.41, 5.74) is 2.57. The first-order valence-electron chi connectivity index (χ1n) is 8.67. The largest absolute Gasteiger partial charge is 0.508 e. The van der Waals surface area contributed by atoms with E-state index in [2.05, 4.69) is 49.5 Å². The molecule has 128 valence electrons. The molecular formula is C21H27NO2. The minimum atomic E-state index is -0.103. The van der Waals surface area contributed by atoms with E-state index in [1.165, 1.54) is 11.1 Å². The maximum atomic E-state index is 9.40. The van der Waals surface area contributed by atoms with Gasteiger partial charge < -0.3 is 15.2 Å². The molecule has 0 amide bonds. The molecule has 3 heteroatoms. The van der Waals surface area contributed by atoms with Crippen molar-refractivity contribution in [3.05, 3.63) is 65.7 Å². The molecule has 0 radical (unpaired) electrons. The van der Waals surface area contributed by atoms with E-state index in [0.717, 1.165) is 32.5 Å². The first kappa shape index (κ1) is 17.0. The van der Waals surface area contributed by atoms with Crippen molar-refractivity contribution in [1.82, 2.24) is 5.32 Å². The molecule has 1 atom stereocenters. The minimum absolute atomic E-state index is 0.0972. The number of phenolic OH excluding ortho intramolecular Hbond substituents is 1. The summed E-state index contributed by atoms with van der Waals surface area (Å²) in [5, 5.41) is 13.0. The van der Waals surface area contributed by atoms with E-state index < -0.39 is 0 Å². The van der Waals surface area contributed by atoms with Crippen LogP contribution in [0.3, 0.4) is 0 Å². The summed E-state index contributed by atoms with van der Waals surface area (Å²) in [5.74, 6) is 0.311. The molecule has 0 spiro atoms. The van der Waals surface area contributed by atoms with Gasteiger partial charge in [-0.15, -0.1) is 0 Å². The van der Waals surface area contributed by atoms with Crippen LogP contribution >= 0.6 is 0 Å². The summed E-state index contributed by atoms with van der Waals surface area (Å²) in [6.07, 6.45) is 2.04. The standard InChI is InChI=1S/C21H27NO2/c1-20(2)15-21(12-13-24-20,18-6-4-3-5-7-18)16-22-14-17-8-10-19(23)11-9-17/h3-11,22-23H,12-16H2,1-2H3/t21-/m0/s1.